The van der Waals surface area contributed by atoms with Gasteiger partial charge in [-0.1, -0.05) is 38.1 Å². The molecule has 2 atom stereocenters. The molecule has 2 amide bonds. The highest BCUT2D eigenvalue weighted by molar-refractivity contribution is 5.92. The number of rotatable bonds is 6. The number of carbonyl (C=O) groups is 2. The summed E-state index contributed by atoms with van der Waals surface area (Å²) in [6, 6.07) is 12.2. The van der Waals surface area contributed by atoms with Gasteiger partial charge < -0.3 is 10.6 Å². The Bertz CT molecular complexity index is 874. The molecular formula is C22H23F3N2O2. The quantitative estimate of drug-likeness (QED) is 0.732. The number of benzene rings is 2. The van der Waals surface area contributed by atoms with Gasteiger partial charge >= 0.3 is 6.18 Å². The molecule has 0 bridgehead atoms. The number of nitrogens with one attached hydrogen (secondary N) is 2. The molecule has 1 saturated carbocycles. The van der Waals surface area contributed by atoms with Gasteiger partial charge in [0.2, 0.25) is 11.8 Å². The minimum absolute atomic E-state index is 0.0362. The predicted octanol–water partition coefficient (Wildman–Crippen LogP) is 4.72. The maximum Gasteiger partial charge on any atom is 0.416 e. The van der Waals surface area contributed by atoms with Crippen molar-refractivity contribution < 1.29 is 22.8 Å². The zero-order valence-corrected chi connectivity index (χ0v) is 16.2. The summed E-state index contributed by atoms with van der Waals surface area (Å²) in [5.74, 6) is -0.520. The molecule has 2 N–H and O–H groups in total. The van der Waals surface area contributed by atoms with E-state index in [9.17, 15) is 22.8 Å². The number of amides is 2. The Morgan fingerprint density at radius 2 is 1.66 bits per heavy atom. The molecule has 4 nitrogen and oxygen atoms in total. The van der Waals surface area contributed by atoms with Crippen molar-refractivity contribution in [3.63, 3.8) is 0 Å². The molecule has 0 saturated heterocycles. The first-order valence-corrected chi connectivity index (χ1v) is 9.50. The Hall–Kier alpha value is -2.83. The van der Waals surface area contributed by atoms with Gasteiger partial charge in [-0.15, -0.1) is 0 Å². The molecular weight excluding hydrogens is 381 g/mol. The van der Waals surface area contributed by atoms with Gasteiger partial charge in [-0.25, -0.2) is 0 Å². The second kappa shape index (κ2) is 8.27. The van der Waals surface area contributed by atoms with E-state index < -0.39 is 11.7 Å². The second-order valence-corrected chi connectivity index (χ2v) is 7.63. The number of halogens is 3. The SMILES string of the molecule is CC(C)C(=O)Nc1ccc(CNC(=O)C2CC2c2ccc(C(F)(F)F)cc2)cc1. The molecule has 1 aliphatic carbocycles. The first-order valence-electron chi connectivity index (χ1n) is 9.50. The van der Waals surface area contributed by atoms with Crippen LogP contribution >= 0.6 is 0 Å². The first-order chi connectivity index (χ1) is 13.6. The summed E-state index contributed by atoms with van der Waals surface area (Å²) in [7, 11) is 0. The van der Waals surface area contributed by atoms with E-state index in [4.69, 9.17) is 0 Å². The summed E-state index contributed by atoms with van der Waals surface area (Å²) in [5, 5.41) is 5.67. The van der Waals surface area contributed by atoms with Crippen LogP contribution in [0.2, 0.25) is 0 Å². The lowest BCUT2D eigenvalue weighted by Crippen LogP contribution is -2.24. The van der Waals surface area contributed by atoms with Crippen molar-refractivity contribution in [1.29, 1.82) is 0 Å². The van der Waals surface area contributed by atoms with Gasteiger partial charge in [0.15, 0.2) is 0 Å². The minimum Gasteiger partial charge on any atom is -0.352 e. The average molecular weight is 404 g/mol. The highest BCUT2D eigenvalue weighted by Gasteiger charge is 2.44. The summed E-state index contributed by atoms with van der Waals surface area (Å²) < 4.78 is 37.9. The lowest BCUT2D eigenvalue weighted by Gasteiger charge is -2.09. The maximum absolute atomic E-state index is 12.6. The van der Waals surface area contributed by atoms with Crippen LogP contribution in [-0.2, 0) is 22.3 Å². The van der Waals surface area contributed by atoms with Gasteiger partial charge in [-0.2, -0.15) is 13.2 Å². The predicted molar refractivity (Wildman–Crippen MR) is 104 cm³/mol. The van der Waals surface area contributed by atoms with Crippen LogP contribution in [0.4, 0.5) is 18.9 Å². The molecule has 1 aliphatic rings. The standard InChI is InChI=1S/C22H23F3N2O2/c1-13(2)20(28)27-17-9-3-14(4-10-17)12-26-21(29)19-11-18(19)15-5-7-16(8-6-15)22(23,24)25/h3-10,13,18-19H,11-12H2,1-2H3,(H,26,29)(H,27,28). The Balaban J connectivity index is 1.49. The van der Waals surface area contributed by atoms with Crippen molar-refractivity contribution in [1.82, 2.24) is 5.32 Å². The van der Waals surface area contributed by atoms with Crippen LogP contribution in [0.5, 0.6) is 0 Å². The third-order valence-corrected chi connectivity index (χ3v) is 5.01. The molecule has 7 heteroatoms. The van der Waals surface area contributed by atoms with E-state index in [1.54, 1.807) is 12.1 Å². The van der Waals surface area contributed by atoms with Gasteiger partial charge in [0.1, 0.15) is 0 Å². The van der Waals surface area contributed by atoms with Crippen molar-refractivity contribution in [3.05, 3.63) is 65.2 Å². The van der Waals surface area contributed by atoms with E-state index in [1.165, 1.54) is 12.1 Å². The summed E-state index contributed by atoms with van der Waals surface area (Å²) >= 11 is 0. The van der Waals surface area contributed by atoms with Gasteiger partial charge in [0.05, 0.1) is 5.56 Å². The molecule has 2 aromatic carbocycles. The minimum atomic E-state index is -4.36. The van der Waals surface area contributed by atoms with E-state index in [0.717, 1.165) is 23.3 Å². The molecule has 3 rings (SSSR count). The Morgan fingerprint density at radius 1 is 1.03 bits per heavy atom. The number of anilines is 1. The van der Waals surface area contributed by atoms with Crippen LogP contribution in [0.1, 0.15) is 42.9 Å². The third kappa shape index (κ3) is 5.37. The van der Waals surface area contributed by atoms with E-state index >= 15 is 0 Å². The number of hydrogen-bond acceptors (Lipinski definition) is 2. The molecule has 2 unspecified atom stereocenters. The van der Waals surface area contributed by atoms with Gasteiger partial charge in [0, 0.05) is 24.1 Å². The number of carbonyl (C=O) groups excluding carboxylic acids is 2. The number of alkyl halides is 3. The van der Waals surface area contributed by atoms with Gasteiger partial charge in [-0.3, -0.25) is 9.59 Å². The lowest BCUT2D eigenvalue weighted by molar-refractivity contribution is -0.137. The van der Waals surface area contributed by atoms with Gasteiger partial charge in [-0.05, 0) is 47.7 Å². The molecule has 1 fully saturated rings. The van der Waals surface area contributed by atoms with Crippen LogP contribution in [-0.4, -0.2) is 11.8 Å². The molecule has 0 heterocycles. The Morgan fingerprint density at radius 3 is 2.21 bits per heavy atom. The molecule has 0 aromatic heterocycles. The Kier molecular flexibility index (Phi) is 5.96. The van der Waals surface area contributed by atoms with Crippen LogP contribution in [0.25, 0.3) is 0 Å². The summed E-state index contributed by atoms with van der Waals surface area (Å²) in [5.41, 5.74) is 1.66. The largest absolute Gasteiger partial charge is 0.416 e. The molecule has 29 heavy (non-hydrogen) atoms. The van der Waals surface area contributed by atoms with E-state index in [1.807, 2.05) is 26.0 Å². The second-order valence-electron chi connectivity index (χ2n) is 7.63. The smallest absolute Gasteiger partial charge is 0.352 e. The fourth-order valence-electron chi connectivity index (χ4n) is 3.09. The molecule has 2 aromatic rings. The highest BCUT2D eigenvalue weighted by Crippen LogP contribution is 2.48. The molecule has 0 aliphatic heterocycles. The first kappa shape index (κ1) is 20.9. The zero-order valence-electron chi connectivity index (χ0n) is 16.2. The van der Waals surface area contributed by atoms with Crippen LogP contribution in [0.15, 0.2) is 48.5 Å². The summed E-state index contributed by atoms with van der Waals surface area (Å²) in [6.45, 7) is 3.98. The number of hydrogen-bond donors (Lipinski definition) is 2. The monoisotopic (exact) mass is 404 g/mol. The van der Waals surface area contributed by atoms with Crippen molar-refractivity contribution in [2.24, 2.45) is 11.8 Å². The highest BCUT2D eigenvalue weighted by atomic mass is 19.4. The van der Waals surface area contributed by atoms with Crippen molar-refractivity contribution in [2.45, 2.75) is 38.9 Å². The normalized spacial score (nSPS) is 18.4. The van der Waals surface area contributed by atoms with Crippen molar-refractivity contribution >= 4 is 17.5 Å². The van der Waals surface area contributed by atoms with E-state index in [2.05, 4.69) is 10.6 Å². The van der Waals surface area contributed by atoms with Crippen molar-refractivity contribution in [3.8, 4) is 0 Å². The third-order valence-electron chi connectivity index (χ3n) is 5.01. The van der Waals surface area contributed by atoms with Crippen LogP contribution < -0.4 is 10.6 Å². The van der Waals surface area contributed by atoms with Gasteiger partial charge in [0.25, 0.3) is 0 Å². The van der Waals surface area contributed by atoms with Crippen LogP contribution in [0, 0.1) is 11.8 Å². The molecule has 0 radical (unpaired) electrons. The maximum atomic E-state index is 12.6. The molecule has 154 valence electrons. The fourth-order valence-corrected chi connectivity index (χ4v) is 3.09. The zero-order chi connectivity index (χ0) is 21.2. The summed E-state index contributed by atoms with van der Waals surface area (Å²) in [6.07, 6.45) is -3.72. The molecule has 0 spiro atoms. The average Bonchev–Trinajstić information content (AvgIpc) is 3.47. The van der Waals surface area contributed by atoms with Crippen LogP contribution in [0.3, 0.4) is 0 Å². The lowest BCUT2D eigenvalue weighted by atomic mass is 10.1. The van der Waals surface area contributed by atoms with E-state index in [0.29, 0.717) is 18.7 Å². The fraction of sp³-hybridized carbons (Fsp3) is 0.364. The topological polar surface area (TPSA) is 58.2 Å². The van der Waals surface area contributed by atoms with E-state index in [-0.39, 0.29) is 29.6 Å². The Labute approximate surface area is 167 Å². The van der Waals surface area contributed by atoms with Crippen molar-refractivity contribution in [2.75, 3.05) is 5.32 Å². The summed E-state index contributed by atoms with van der Waals surface area (Å²) in [4.78, 5) is 24.0.